The van der Waals surface area contributed by atoms with Crippen molar-refractivity contribution in [3.8, 4) is 0 Å². The van der Waals surface area contributed by atoms with E-state index in [2.05, 4.69) is 24.5 Å². The average molecular weight is 921 g/mol. The van der Waals surface area contributed by atoms with Crippen molar-refractivity contribution in [3.05, 3.63) is 0 Å². The molecule has 0 aliphatic carbocycles. The quantitative estimate of drug-likeness (QED) is 0.0115. The van der Waals surface area contributed by atoms with Gasteiger partial charge in [-0.2, -0.15) is 16.8 Å². The van der Waals surface area contributed by atoms with Gasteiger partial charge in [0.1, 0.15) is 0 Å². The minimum atomic E-state index is -5.02. The van der Waals surface area contributed by atoms with Crippen molar-refractivity contribution in [1.82, 2.24) is 10.6 Å². The molecule has 0 aromatic rings. The molecule has 0 fully saturated rings. The first-order valence-corrected chi connectivity index (χ1v) is 23.0. The molecule has 340 valence electrons. The zero-order chi connectivity index (χ0) is 44.6. The summed E-state index contributed by atoms with van der Waals surface area (Å²) >= 11 is 0. The van der Waals surface area contributed by atoms with Gasteiger partial charge in [0, 0.05) is 50.7 Å². The summed E-state index contributed by atoms with van der Waals surface area (Å²) in [5, 5.41) is 21.1. The maximum absolute atomic E-state index is 11.9. The number of aliphatic carboxylic acids is 2. The van der Waals surface area contributed by atoms with E-state index in [1.54, 1.807) is 0 Å². The number of carboxylic acid groups (broad SMARTS) is 2. The van der Waals surface area contributed by atoms with E-state index < -0.39 is 91.7 Å². The summed E-state index contributed by atoms with van der Waals surface area (Å²) in [5.74, 6) is -7.64. The Kier molecular flexibility index (Phi) is 42.6. The van der Waals surface area contributed by atoms with Gasteiger partial charge in [-0.05, 0) is 12.8 Å². The molecule has 0 aliphatic rings. The van der Waals surface area contributed by atoms with Crippen LogP contribution in [0.25, 0.3) is 0 Å². The van der Waals surface area contributed by atoms with Gasteiger partial charge in [-0.15, -0.1) is 0 Å². The molecule has 0 spiro atoms. The standard InChI is InChI=1S/2C18H34N2O8S.2Na/c2*1-2-3-4-5-6-7-8-9-10-11-15(21)20-16(13-19)28-18(24)14(12-17(22)23)29(25,26)27;;/h2*14,16H,2-13,19H2,1H3,(H,20,21)(H,22,23)(H,25,26,27);;/q;;2*+1/p-2. The van der Waals surface area contributed by atoms with Crippen LogP contribution in [0.1, 0.15) is 155 Å². The Labute approximate surface area is 399 Å². The number of amides is 2. The van der Waals surface area contributed by atoms with Crippen molar-refractivity contribution in [2.75, 3.05) is 13.1 Å². The molecule has 0 saturated carbocycles. The summed E-state index contributed by atoms with van der Waals surface area (Å²) < 4.78 is 72.0. The minimum Gasteiger partial charge on any atom is -0.550 e. The van der Waals surface area contributed by atoms with Crippen LogP contribution in [0.2, 0.25) is 0 Å². The van der Waals surface area contributed by atoms with Crippen molar-refractivity contribution >= 4 is 55.9 Å². The predicted octanol–water partition coefficient (Wildman–Crippen LogP) is -5.50. The maximum atomic E-state index is 11.9. The molecule has 0 saturated heterocycles. The topological polar surface area (TPSA) is 352 Å². The molecule has 4 atom stereocenters. The van der Waals surface area contributed by atoms with Gasteiger partial charge in [-0.3, -0.25) is 28.3 Å². The van der Waals surface area contributed by atoms with E-state index in [1.807, 2.05) is 0 Å². The normalized spacial score (nSPS) is 13.0. The number of esters is 2. The number of nitrogens with two attached hydrogens (primary N) is 2. The number of unbranched alkanes of at least 4 members (excludes halogenated alkanes) is 16. The SMILES string of the molecule is CCCCCCCCCCCC(=O)NC(CN)OC(=O)C(CC(=O)[O-])S(=O)(=O)O.CCCCCCCCCCCC(=O)NC(CN)OC(=O)C(CC(=O)[O-])S(=O)(=O)O.[Na+].[Na+]. The fourth-order valence-corrected chi connectivity index (χ4v) is 6.62. The third kappa shape index (κ3) is 37.1. The first kappa shape index (κ1) is 65.2. The average Bonchev–Trinajstić information content (AvgIpc) is 3.13. The number of hydrogen-bond acceptors (Lipinski definition) is 16. The second-order valence-corrected chi connectivity index (χ2v) is 17.0. The molecule has 0 radical (unpaired) electrons. The van der Waals surface area contributed by atoms with Crippen LogP contribution in [0.5, 0.6) is 0 Å². The Morgan fingerprint density at radius 2 is 0.767 bits per heavy atom. The Hall–Kier alpha value is -1.44. The Morgan fingerprint density at radius 1 is 0.517 bits per heavy atom. The third-order valence-electron chi connectivity index (χ3n) is 8.55. The molecule has 0 bridgehead atoms. The van der Waals surface area contributed by atoms with E-state index >= 15 is 0 Å². The van der Waals surface area contributed by atoms with Crippen LogP contribution in [0.3, 0.4) is 0 Å². The van der Waals surface area contributed by atoms with Crippen LogP contribution in [-0.4, -0.2) is 97.7 Å². The number of carbonyl (C=O) groups excluding carboxylic acids is 6. The van der Waals surface area contributed by atoms with Gasteiger partial charge < -0.3 is 51.4 Å². The van der Waals surface area contributed by atoms with Gasteiger partial charge in [-0.25, -0.2) is 0 Å². The molecule has 0 rings (SSSR count). The Morgan fingerprint density at radius 3 is 0.983 bits per heavy atom. The molecule has 20 nitrogen and oxygen atoms in total. The van der Waals surface area contributed by atoms with Crippen molar-refractivity contribution in [2.45, 2.75) is 178 Å². The van der Waals surface area contributed by atoms with Gasteiger partial charge in [0.15, 0.2) is 23.0 Å². The molecule has 0 aromatic carbocycles. The molecule has 8 N–H and O–H groups in total. The van der Waals surface area contributed by atoms with Gasteiger partial charge in [0.2, 0.25) is 11.8 Å². The van der Waals surface area contributed by atoms with Crippen LogP contribution in [0.15, 0.2) is 0 Å². The van der Waals surface area contributed by atoms with Crippen LogP contribution in [0, 0.1) is 0 Å². The number of carboxylic acids is 2. The van der Waals surface area contributed by atoms with Gasteiger partial charge in [-0.1, -0.05) is 117 Å². The maximum Gasteiger partial charge on any atom is 1.00 e. The fourth-order valence-electron chi connectivity index (χ4n) is 5.32. The first-order valence-electron chi connectivity index (χ1n) is 19.9. The molecule has 4 unspecified atom stereocenters. The summed E-state index contributed by atoms with van der Waals surface area (Å²) in [4.78, 5) is 68.6. The van der Waals surface area contributed by atoms with Crippen LogP contribution in [-0.2, 0) is 58.5 Å². The van der Waals surface area contributed by atoms with Gasteiger partial charge >= 0.3 is 71.1 Å². The predicted molar refractivity (Wildman–Crippen MR) is 208 cm³/mol. The molecule has 24 heteroatoms. The van der Waals surface area contributed by atoms with Crippen LogP contribution in [0.4, 0.5) is 0 Å². The molecule has 0 aliphatic heterocycles. The van der Waals surface area contributed by atoms with E-state index in [9.17, 15) is 55.8 Å². The third-order valence-corrected chi connectivity index (χ3v) is 10.7. The second kappa shape index (κ2) is 39.2. The fraction of sp³-hybridized carbons (Fsp3) is 0.833. The Balaban J connectivity index is -0.000000506. The first-order chi connectivity index (χ1) is 27.2. The van der Waals surface area contributed by atoms with Crippen molar-refractivity contribution in [3.63, 3.8) is 0 Å². The summed E-state index contributed by atoms with van der Waals surface area (Å²) in [6.07, 6.45) is 14.7. The number of nitrogens with one attached hydrogen (secondary N) is 2. The molecule has 2 amide bonds. The van der Waals surface area contributed by atoms with Gasteiger partial charge in [0.05, 0.1) is 0 Å². The summed E-state index contributed by atoms with van der Waals surface area (Å²) in [7, 11) is -10.0. The second-order valence-electron chi connectivity index (χ2n) is 13.8. The molecule has 60 heavy (non-hydrogen) atoms. The summed E-state index contributed by atoms with van der Waals surface area (Å²) in [5.41, 5.74) is 10.8. The van der Waals surface area contributed by atoms with E-state index in [0.29, 0.717) is 12.8 Å². The van der Waals surface area contributed by atoms with E-state index in [1.165, 1.54) is 64.2 Å². The smallest absolute Gasteiger partial charge is 0.550 e. The molecule has 0 aromatic heterocycles. The summed E-state index contributed by atoms with van der Waals surface area (Å²) in [6.45, 7) is 3.64. The number of hydrogen-bond donors (Lipinski definition) is 6. The monoisotopic (exact) mass is 920 g/mol. The van der Waals surface area contributed by atoms with Crippen molar-refractivity contribution in [2.24, 2.45) is 11.5 Å². The zero-order valence-corrected chi connectivity index (χ0v) is 41.5. The minimum absolute atomic E-state index is 0. The largest absolute Gasteiger partial charge is 1.00 e. The number of ether oxygens (including phenoxy) is 2. The number of carbonyl (C=O) groups is 6. The Bertz CT molecular complexity index is 1340. The van der Waals surface area contributed by atoms with E-state index in [0.717, 1.165) is 38.5 Å². The molecular formula is C36H66N4Na2O16S2. The summed E-state index contributed by atoms with van der Waals surface area (Å²) in [6, 6.07) is 0. The van der Waals surface area contributed by atoms with E-state index in [4.69, 9.17) is 30.0 Å². The van der Waals surface area contributed by atoms with Crippen LogP contribution < -0.4 is 91.4 Å². The number of rotatable bonds is 34. The zero-order valence-electron chi connectivity index (χ0n) is 35.9. The molecular weight excluding hydrogens is 855 g/mol. The van der Waals surface area contributed by atoms with Crippen LogP contribution >= 0.6 is 0 Å². The van der Waals surface area contributed by atoms with Gasteiger partial charge in [0.25, 0.3) is 20.2 Å². The van der Waals surface area contributed by atoms with E-state index in [-0.39, 0.29) is 85.0 Å². The van der Waals surface area contributed by atoms with Crippen molar-refractivity contribution in [1.29, 1.82) is 0 Å². The molecule has 0 heterocycles. The van der Waals surface area contributed by atoms with Crippen molar-refractivity contribution < 1.29 is 134 Å².